The van der Waals surface area contributed by atoms with Crippen molar-refractivity contribution >= 4 is 34.0 Å². The number of nitrogens with one attached hydrogen (secondary N) is 1. The summed E-state index contributed by atoms with van der Waals surface area (Å²) in [6, 6.07) is 16.9. The lowest BCUT2D eigenvalue weighted by Gasteiger charge is -2.15. The summed E-state index contributed by atoms with van der Waals surface area (Å²) in [4.78, 5) is 24.8. The van der Waals surface area contributed by atoms with E-state index < -0.39 is 0 Å². The number of carbonyl (C=O) groups is 2. The molecule has 6 nitrogen and oxygen atoms in total. The number of benzene rings is 2. The SMILES string of the molecule is Cc1cc(/C=N/NC(=O)Cc2ccc(Br)cc2)c(C)n1-c1ccccc1C(=O)OC(C)C. The Morgan fingerprint density at radius 3 is 2.50 bits per heavy atom. The minimum Gasteiger partial charge on any atom is -0.459 e. The first kappa shape index (κ1) is 23.5. The molecule has 1 amide bonds. The molecular weight excluding hydrogens is 470 g/mol. The lowest BCUT2D eigenvalue weighted by molar-refractivity contribution is -0.120. The molecule has 0 saturated carbocycles. The van der Waals surface area contributed by atoms with Gasteiger partial charge in [0.05, 0.1) is 30.0 Å². The highest BCUT2D eigenvalue weighted by Gasteiger charge is 2.18. The van der Waals surface area contributed by atoms with Gasteiger partial charge in [-0.2, -0.15) is 5.10 Å². The molecule has 0 fully saturated rings. The van der Waals surface area contributed by atoms with Gasteiger partial charge in [0.15, 0.2) is 0 Å². The molecule has 0 aliphatic heterocycles. The van der Waals surface area contributed by atoms with Crippen molar-refractivity contribution in [3.8, 4) is 5.69 Å². The van der Waals surface area contributed by atoms with Crippen LogP contribution in [0.3, 0.4) is 0 Å². The Morgan fingerprint density at radius 1 is 1.12 bits per heavy atom. The second-order valence-corrected chi connectivity index (χ2v) is 8.65. The molecule has 3 rings (SSSR count). The maximum absolute atomic E-state index is 12.6. The van der Waals surface area contributed by atoms with Gasteiger partial charge in [0.1, 0.15) is 0 Å². The summed E-state index contributed by atoms with van der Waals surface area (Å²) in [5.74, 6) is -0.558. The quantitative estimate of drug-likeness (QED) is 0.281. The first-order chi connectivity index (χ1) is 15.3. The van der Waals surface area contributed by atoms with E-state index in [2.05, 4.69) is 26.5 Å². The molecule has 0 aliphatic carbocycles. The molecule has 0 spiro atoms. The predicted molar refractivity (Wildman–Crippen MR) is 129 cm³/mol. The van der Waals surface area contributed by atoms with Crippen LogP contribution in [0.4, 0.5) is 0 Å². The summed E-state index contributed by atoms with van der Waals surface area (Å²) in [7, 11) is 0. The second kappa shape index (κ2) is 10.4. The van der Waals surface area contributed by atoms with Gasteiger partial charge in [-0.05, 0) is 63.6 Å². The van der Waals surface area contributed by atoms with Crippen molar-refractivity contribution in [3.05, 3.63) is 87.1 Å². The molecule has 0 unspecified atom stereocenters. The molecule has 0 aliphatic rings. The van der Waals surface area contributed by atoms with Crippen molar-refractivity contribution in [3.63, 3.8) is 0 Å². The average Bonchev–Trinajstić information content (AvgIpc) is 3.02. The van der Waals surface area contributed by atoms with Crippen molar-refractivity contribution in [2.75, 3.05) is 0 Å². The van der Waals surface area contributed by atoms with Gasteiger partial charge < -0.3 is 9.30 Å². The van der Waals surface area contributed by atoms with E-state index in [0.717, 1.165) is 32.7 Å². The fraction of sp³-hybridized carbons (Fsp3) is 0.240. The van der Waals surface area contributed by atoms with E-state index in [1.807, 2.05) is 80.8 Å². The topological polar surface area (TPSA) is 72.7 Å². The minimum atomic E-state index is -0.362. The number of nitrogens with zero attached hydrogens (tertiary/aromatic N) is 2. The van der Waals surface area contributed by atoms with Crippen LogP contribution in [-0.2, 0) is 16.0 Å². The van der Waals surface area contributed by atoms with Gasteiger partial charge in [-0.3, -0.25) is 4.79 Å². The van der Waals surface area contributed by atoms with E-state index in [-0.39, 0.29) is 24.4 Å². The van der Waals surface area contributed by atoms with Gasteiger partial charge in [-0.15, -0.1) is 0 Å². The lowest BCUT2D eigenvalue weighted by Crippen LogP contribution is -2.19. The van der Waals surface area contributed by atoms with E-state index in [9.17, 15) is 9.59 Å². The third-order valence-corrected chi connectivity index (χ3v) is 5.38. The molecular formula is C25H26BrN3O3. The van der Waals surface area contributed by atoms with E-state index in [1.54, 1.807) is 12.3 Å². The minimum absolute atomic E-state index is 0.195. The van der Waals surface area contributed by atoms with Gasteiger partial charge >= 0.3 is 5.97 Å². The number of hydrazone groups is 1. The van der Waals surface area contributed by atoms with Crippen LogP contribution in [-0.4, -0.2) is 28.8 Å². The number of halogens is 1. The number of ether oxygens (including phenoxy) is 1. The second-order valence-electron chi connectivity index (χ2n) is 7.73. The molecule has 1 heterocycles. The number of aromatic nitrogens is 1. The van der Waals surface area contributed by atoms with E-state index in [0.29, 0.717) is 5.56 Å². The highest BCUT2D eigenvalue weighted by atomic mass is 79.9. The Labute approximate surface area is 196 Å². The normalized spacial score (nSPS) is 11.2. The molecule has 1 aromatic heterocycles. The fourth-order valence-corrected chi connectivity index (χ4v) is 3.67. The third-order valence-electron chi connectivity index (χ3n) is 4.85. The molecule has 0 bridgehead atoms. The Hall–Kier alpha value is -3.19. The maximum atomic E-state index is 12.6. The molecule has 7 heteroatoms. The van der Waals surface area contributed by atoms with Crippen LogP contribution in [0.5, 0.6) is 0 Å². The van der Waals surface area contributed by atoms with Crippen molar-refractivity contribution < 1.29 is 14.3 Å². The van der Waals surface area contributed by atoms with Crippen molar-refractivity contribution in [1.29, 1.82) is 0 Å². The van der Waals surface area contributed by atoms with Crippen molar-refractivity contribution in [2.24, 2.45) is 5.10 Å². The van der Waals surface area contributed by atoms with Gasteiger partial charge in [0, 0.05) is 21.4 Å². The number of hydrogen-bond donors (Lipinski definition) is 1. The van der Waals surface area contributed by atoms with Crippen LogP contribution in [0, 0.1) is 13.8 Å². The summed E-state index contributed by atoms with van der Waals surface area (Å²) >= 11 is 3.38. The number of esters is 1. The van der Waals surface area contributed by atoms with Gasteiger partial charge in [-0.25, -0.2) is 10.2 Å². The molecule has 0 radical (unpaired) electrons. The van der Waals surface area contributed by atoms with Crippen LogP contribution in [0.2, 0.25) is 0 Å². The molecule has 3 aromatic rings. The van der Waals surface area contributed by atoms with E-state index in [1.165, 1.54) is 0 Å². The number of amides is 1. The van der Waals surface area contributed by atoms with Gasteiger partial charge in [0.2, 0.25) is 5.91 Å². The summed E-state index contributed by atoms with van der Waals surface area (Å²) in [6.07, 6.45) is 1.66. The highest BCUT2D eigenvalue weighted by molar-refractivity contribution is 9.10. The smallest absolute Gasteiger partial charge is 0.340 e. The Morgan fingerprint density at radius 2 is 1.81 bits per heavy atom. The Bertz CT molecular complexity index is 1150. The van der Waals surface area contributed by atoms with Crippen molar-refractivity contribution in [1.82, 2.24) is 9.99 Å². The lowest BCUT2D eigenvalue weighted by atomic mass is 10.1. The Kier molecular flexibility index (Phi) is 7.64. The van der Waals surface area contributed by atoms with Crippen LogP contribution in [0.15, 0.2) is 64.2 Å². The molecule has 2 aromatic carbocycles. The zero-order valence-corrected chi connectivity index (χ0v) is 20.1. The first-order valence-corrected chi connectivity index (χ1v) is 11.1. The average molecular weight is 496 g/mol. The third kappa shape index (κ3) is 5.73. The van der Waals surface area contributed by atoms with E-state index in [4.69, 9.17) is 4.74 Å². The zero-order valence-electron chi connectivity index (χ0n) is 18.6. The van der Waals surface area contributed by atoms with Gasteiger partial charge in [-0.1, -0.05) is 40.2 Å². The largest absolute Gasteiger partial charge is 0.459 e. The number of rotatable bonds is 7. The summed E-state index contributed by atoms with van der Waals surface area (Å²) in [5.41, 5.74) is 7.41. The number of hydrogen-bond acceptors (Lipinski definition) is 4. The zero-order chi connectivity index (χ0) is 23.3. The number of carbonyl (C=O) groups excluding carboxylic acids is 2. The van der Waals surface area contributed by atoms with Crippen LogP contribution >= 0.6 is 15.9 Å². The molecule has 1 N–H and O–H groups in total. The first-order valence-electron chi connectivity index (χ1n) is 10.3. The molecule has 0 saturated heterocycles. The number of aryl methyl sites for hydroxylation is 1. The fourth-order valence-electron chi connectivity index (χ4n) is 3.41. The summed E-state index contributed by atoms with van der Waals surface area (Å²) < 4.78 is 8.36. The molecule has 166 valence electrons. The Balaban J connectivity index is 1.77. The predicted octanol–water partition coefficient (Wildman–Crippen LogP) is 5.11. The standard InChI is InChI=1S/C25H26BrN3O3/c1-16(2)32-25(31)22-7-5-6-8-23(22)29-17(3)13-20(18(29)4)15-27-28-24(30)14-19-9-11-21(26)12-10-19/h5-13,15-16H,14H2,1-4H3,(H,28,30)/b27-15+. The summed E-state index contributed by atoms with van der Waals surface area (Å²) in [6.45, 7) is 7.56. The van der Waals surface area contributed by atoms with Crippen LogP contribution in [0.1, 0.15) is 46.7 Å². The molecule has 32 heavy (non-hydrogen) atoms. The summed E-state index contributed by atoms with van der Waals surface area (Å²) in [5, 5.41) is 4.12. The highest BCUT2D eigenvalue weighted by Crippen LogP contribution is 2.23. The van der Waals surface area contributed by atoms with Crippen LogP contribution in [0.25, 0.3) is 5.69 Å². The van der Waals surface area contributed by atoms with Gasteiger partial charge in [0.25, 0.3) is 0 Å². The van der Waals surface area contributed by atoms with Crippen LogP contribution < -0.4 is 5.43 Å². The van der Waals surface area contributed by atoms with Crippen molar-refractivity contribution in [2.45, 2.75) is 40.2 Å². The number of para-hydroxylation sites is 1. The molecule has 0 atom stereocenters. The maximum Gasteiger partial charge on any atom is 0.340 e. The monoisotopic (exact) mass is 495 g/mol. The van der Waals surface area contributed by atoms with E-state index >= 15 is 0 Å².